The minimum Gasteiger partial charge on any atom is -0.329 e. The summed E-state index contributed by atoms with van der Waals surface area (Å²) in [5.74, 6) is 1.54. The molecule has 3 rings (SSSR count). The molecule has 0 bridgehead atoms. The van der Waals surface area contributed by atoms with Crippen LogP contribution < -0.4 is 0 Å². The smallest absolute Gasteiger partial charge is 0.139 e. The van der Waals surface area contributed by atoms with E-state index in [1.807, 2.05) is 23.3 Å². The Bertz CT molecular complexity index is 680. The quantitative estimate of drug-likeness (QED) is 0.722. The topological polar surface area (TPSA) is 48.5 Å². The van der Waals surface area contributed by atoms with Crippen LogP contribution in [0, 0.1) is 0 Å². The fraction of sp³-hybridized carbons (Fsp3) is 0.312. The summed E-state index contributed by atoms with van der Waals surface area (Å²) in [5, 5.41) is 7.80. The average molecular weight is 281 g/mol. The maximum atomic E-state index is 4.48. The van der Waals surface area contributed by atoms with Crippen molar-refractivity contribution in [1.29, 1.82) is 0 Å². The van der Waals surface area contributed by atoms with Gasteiger partial charge in [0.15, 0.2) is 0 Å². The standard InChI is InChI=1S/C16H19N5/c1-13(2)14-3-5-15(6-4-14)16-17-7-9-20(16)11-12-21-10-8-18-19-21/h3-10,13H,11-12H2,1-2H3. The molecule has 2 heterocycles. The molecule has 0 atom stereocenters. The third-order valence-electron chi connectivity index (χ3n) is 3.59. The minimum absolute atomic E-state index is 0.547. The van der Waals surface area contributed by atoms with E-state index in [2.05, 4.69) is 58.0 Å². The van der Waals surface area contributed by atoms with E-state index in [-0.39, 0.29) is 0 Å². The van der Waals surface area contributed by atoms with Crippen LogP contribution in [0.15, 0.2) is 49.1 Å². The summed E-state index contributed by atoms with van der Waals surface area (Å²) in [6.45, 7) is 6.01. The number of hydrogen-bond acceptors (Lipinski definition) is 3. The lowest BCUT2D eigenvalue weighted by Crippen LogP contribution is -2.08. The fourth-order valence-electron chi connectivity index (χ4n) is 2.33. The second-order valence-corrected chi connectivity index (χ2v) is 5.39. The van der Waals surface area contributed by atoms with E-state index in [1.54, 1.807) is 6.20 Å². The second-order valence-electron chi connectivity index (χ2n) is 5.39. The summed E-state index contributed by atoms with van der Waals surface area (Å²) in [4.78, 5) is 4.48. The van der Waals surface area contributed by atoms with E-state index in [0.29, 0.717) is 5.92 Å². The highest BCUT2D eigenvalue weighted by molar-refractivity contribution is 5.56. The molecule has 0 amide bonds. The Morgan fingerprint density at radius 2 is 1.81 bits per heavy atom. The highest BCUT2D eigenvalue weighted by Gasteiger charge is 2.07. The van der Waals surface area contributed by atoms with Crippen LogP contribution in [0.25, 0.3) is 11.4 Å². The van der Waals surface area contributed by atoms with Crippen LogP contribution in [-0.2, 0) is 13.1 Å². The monoisotopic (exact) mass is 281 g/mol. The summed E-state index contributed by atoms with van der Waals surface area (Å²) >= 11 is 0. The Morgan fingerprint density at radius 3 is 2.48 bits per heavy atom. The summed E-state index contributed by atoms with van der Waals surface area (Å²) in [6.07, 6.45) is 7.41. The van der Waals surface area contributed by atoms with Gasteiger partial charge in [-0.2, -0.15) is 0 Å². The second kappa shape index (κ2) is 5.91. The molecular weight excluding hydrogens is 262 g/mol. The first-order valence-corrected chi connectivity index (χ1v) is 7.19. The van der Waals surface area contributed by atoms with Crippen LogP contribution in [0.5, 0.6) is 0 Å². The van der Waals surface area contributed by atoms with Crippen molar-refractivity contribution in [2.24, 2.45) is 0 Å². The van der Waals surface area contributed by atoms with Crippen molar-refractivity contribution in [3.63, 3.8) is 0 Å². The first kappa shape index (κ1) is 13.5. The van der Waals surface area contributed by atoms with Crippen molar-refractivity contribution in [2.75, 3.05) is 0 Å². The highest BCUT2D eigenvalue weighted by Crippen LogP contribution is 2.21. The van der Waals surface area contributed by atoms with E-state index in [4.69, 9.17) is 0 Å². The fourth-order valence-corrected chi connectivity index (χ4v) is 2.33. The van der Waals surface area contributed by atoms with Crippen LogP contribution in [0.4, 0.5) is 0 Å². The van der Waals surface area contributed by atoms with Crippen molar-refractivity contribution >= 4 is 0 Å². The first-order valence-electron chi connectivity index (χ1n) is 7.19. The van der Waals surface area contributed by atoms with Gasteiger partial charge >= 0.3 is 0 Å². The average Bonchev–Trinajstić information content (AvgIpc) is 3.16. The van der Waals surface area contributed by atoms with Crippen molar-refractivity contribution in [3.8, 4) is 11.4 Å². The van der Waals surface area contributed by atoms with Gasteiger partial charge in [0.25, 0.3) is 0 Å². The van der Waals surface area contributed by atoms with Crippen molar-refractivity contribution < 1.29 is 0 Å². The van der Waals surface area contributed by atoms with Gasteiger partial charge in [0.2, 0.25) is 0 Å². The Hall–Kier alpha value is -2.43. The largest absolute Gasteiger partial charge is 0.329 e. The van der Waals surface area contributed by atoms with Crippen molar-refractivity contribution in [1.82, 2.24) is 24.5 Å². The minimum atomic E-state index is 0.547. The van der Waals surface area contributed by atoms with E-state index in [1.165, 1.54) is 5.56 Å². The molecule has 0 N–H and O–H groups in total. The number of aryl methyl sites for hydroxylation is 2. The van der Waals surface area contributed by atoms with E-state index >= 15 is 0 Å². The lowest BCUT2D eigenvalue weighted by molar-refractivity contribution is 0.521. The molecule has 0 aliphatic heterocycles. The molecule has 0 spiro atoms. The molecule has 1 aromatic carbocycles. The molecular formula is C16H19N5. The predicted molar refractivity (Wildman–Crippen MR) is 81.8 cm³/mol. The third-order valence-corrected chi connectivity index (χ3v) is 3.59. The Labute approximate surface area is 124 Å². The summed E-state index contributed by atoms with van der Waals surface area (Å²) in [5.41, 5.74) is 2.49. The van der Waals surface area contributed by atoms with Gasteiger partial charge in [-0.25, -0.2) is 4.98 Å². The molecule has 0 saturated carbocycles. The first-order chi connectivity index (χ1) is 10.2. The maximum absolute atomic E-state index is 4.48. The lowest BCUT2D eigenvalue weighted by Gasteiger charge is -2.09. The maximum Gasteiger partial charge on any atom is 0.139 e. The number of benzene rings is 1. The van der Waals surface area contributed by atoms with E-state index < -0.39 is 0 Å². The van der Waals surface area contributed by atoms with Crippen LogP contribution in [0.1, 0.15) is 25.3 Å². The number of nitrogens with zero attached hydrogens (tertiary/aromatic N) is 5. The van der Waals surface area contributed by atoms with Gasteiger partial charge < -0.3 is 4.57 Å². The van der Waals surface area contributed by atoms with Crippen LogP contribution in [0.2, 0.25) is 0 Å². The van der Waals surface area contributed by atoms with E-state index in [0.717, 1.165) is 24.5 Å². The Morgan fingerprint density at radius 1 is 1.00 bits per heavy atom. The SMILES string of the molecule is CC(C)c1ccc(-c2nccn2CCn2ccnn2)cc1. The normalized spacial score (nSPS) is 11.2. The molecule has 21 heavy (non-hydrogen) atoms. The molecule has 5 heteroatoms. The zero-order chi connectivity index (χ0) is 14.7. The molecule has 0 unspecified atom stereocenters. The molecule has 0 saturated heterocycles. The van der Waals surface area contributed by atoms with Crippen LogP contribution in [-0.4, -0.2) is 24.5 Å². The third kappa shape index (κ3) is 3.02. The molecule has 0 fully saturated rings. The number of aromatic nitrogens is 5. The number of imidazole rings is 1. The van der Waals surface area contributed by atoms with Gasteiger partial charge in [0.05, 0.1) is 12.7 Å². The van der Waals surface area contributed by atoms with Crippen molar-refractivity contribution in [3.05, 3.63) is 54.6 Å². The van der Waals surface area contributed by atoms with Gasteiger partial charge in [-0.05, 0) is 11.5 Å². The molecule has 2 aromatic heterocycles. The molecule has 0 aliphatic carbocycles. The van der Waals surface area contributed by atoms with Gasteiger partial charge in [-0.3, -0.25) is 4.68 Å². The predicted octanol–water partition coefficient (Wildman–Crippen LogP) is 2.97. The summed E-state index contributed by atoms with van der Waals surface area (Å²) in [6, 6.07) is 8.64. The molecule has 0 aliphatic rings. The zero-order valence-electron chi connectivity index (χ0n) is 12.3. The Balaban J connectivity index is 1.78. The van der Waals surface area contributed by atoms with E-state index in [9.17, 15) is 0 Å². The summed E-state index contributed by atoms with van der Waals surface area (Å²) < 4.78 is 3.97. The van der Waals surface area contributed by atoms with Gasteiger partial charge in [-0.1, -0.05) is 43.3 Å². The number of hydrogen-bond donors (Lipinski definition) is 0. The van der Waals surface area contributed by atoms with Gasteiger partial charge in [0, 0.05) is 30.7 Å². The van der Waals surface area contributed by atoms with Gasteiger partial charge in [-0.15, -0.1) is 5.10 Å². The van der Waals surface area contributed by atoms with Crippen molar-refractivity contribution in [2.45, 2.75) is 32.9 Å². The summed E-state index contributed by atoms with van der Waals surface area (Å²) in [7, 11) is 0. The van der Waals surface area contributed by atoms with Crippen LogP contribution >= 0.6 is 0 Å². The highest BCUT2D eigenvalue weighted by atomic mass is 15.4. The zero-order valence-corrected chi connectivity index (χ0v) is 12.3. The molecule has 3 aromatic rings. The molecule has 0 radical (unpaired) electrons. The number of rotatable bonds is 5. The lowest BCUT2D eigenvalue weighted by atomic mass is 10.0. The Kier molecular flexibility index (Phi) is 3.81. The molecule has 5 nitrogen and oxygen atoms in total. The molecule has 108 valence electrons. The van der Waals surface area contributed by atoms with Crippen LogP contribution in [0.3, 0.4) is 0 Å². The van der Waals surface area contributed by atoms with Gasteiger partial charge in [0.1, 0.15) is 5.82 Å².